The summed E-state index contributed by atoms with van der Waals surface area (Å²) in [5.74, 6) is 0. The number of hydrogen-bond acceptors (Lipinski definition) is 4. The number of aliphatic hydroxyl groups excluding tert-OH is 1. The largest absolute Gasteiger partial charge is 0.444 e. The fraction of sp³-hybridized carbons (Fsp3) is 0.947. The molecule has 0 aliphatic rings. The number of nitrogens with zero attached hydrogens (tertiary/aromatic N) is 1. The SMILES string of the molecule is CCCCCCCCCN(C(=O)OC(C)(C)C)C(O)OC(C)(C)C. The van der Waals surface area contributed by atoms with Crippen LogP contribution in [0.4, 0.5) is 4.79 Å². The maximum Gasteiger partial charge on any atom is 0.414 e. The highest BCUT2D eigenvalue weighted by Crippen LogP contribution is 2.17. The number of hydrogen-bond donors (Lipinski definition) is 1. The number of amides is 1. The number of carbonyl (C=O) groups is 1. The average Bonchev–Trinajstić information content (AvgIpc) is 2.37. The van der Waals surface area contributed by atoms with E-state index in [9.17, 15) is 9.90 Å². The molecule has 0 bridgehead atoms. The van der Waals surface area contributed by atoms with Crippen molar-refractivity contribution in [1.29, 1.82) is 0 Å². The van der Waals surface area contributed by atoms with Crippen molar-refractivity contribution in [3.8, 4) is 0 Å². The van der Waals surface area contributed by atoms with Gasteiger partial charge in [0.25, 0.3) is 0 Å². The molecule has 0 saturated carbocycles. The number of unbranched alkanes of at least 4 members (excludes halogenated alkanes) is 6. The van der Waals surface area contributed by atoms with E-state index in [-0.39, 0.29) is 0 Å². The normalized spacial score (nSPS) is 13.7. The van der Waals surface area contributed by atoms with Crippen molar-refractivity contribution in [2.45, 2.75) is 111 Å². The number of ether oxygens (including phenoxy) is 2. The highest BCUT2D eigenvalue weighted by molar-refractivity contribution is 5.68. The smallest absolute Gasteiger partial charge is 0.414 e. The Morgan fingerprint density at radius 3 is 1.88 bits per heavy atom. The average molecular weight is 346 g/mol. The summed E-state index contributed by atoms with van der Waals surface area (Å²) >= 11 is 0. The fourth-order valence-corrected chi connectivity index (χ4v) is 2.23. The fourth-order valence-electron chi connectivity index (χ4n) is 2.23. The van der Waals surface area contributed by atoms with Gasteiger partial charge in [0.05, 0.1) is 5.60 Å². The Hall–Kier alpha value is -0.810. The molecule has 0 aromatic rings. The Morgan fingerprint density at radius 1 is 0.917 bits per heavy atom. The first kappa shape index (κ1) is 23.2. The highest BCUT2D eigenvalue weighted by Gasteiger charge is 2.30. The van der Waals surface area contributed by atoms with E-state index in [0.717, 1.165) is 19.3 Å². The number of carbonyl (C=O) groups excluding carboxylic acids is 1. The predicted octanol–water partition coefficient (Wildman–Crippen LogP) is 5.07. The highest BCUT2D eigenvalue weighted by atomic mass is 16.7. The molecule has 0 spiro atoms. The summed E-state index contributed by atoms with van der Waals surface area (Å²) in [6.45, 7) is 13.6. The van der Waals surface area contributed by atoms with Crippen LogP contribution < -0.4 is 0 Å². The molecule has 0 aliphatic heterocycles. The molecule has 1 atom stereocenters. The molecule has 24 heavy (non-hydrogen) atoms. The van der Waals surface area contributed by atoms with Crippen LogP contribution in [0, 0.1) is 0 Å². The van der Waals surface area contributed by atoms with Crippen molar-refractivity contribution in [3.05, 3.63) is 0 Å². The molecule has 1 amide bonds. The van der Waals surface area contributed by atoms with E-state index in [2.05, 4.69) is 6.92 Å². The van der Waals surface area contributed by atoms with Gasteiger partial charge in [-0.1, -0.05) is 45.4 Å². The third-order valence-corrected chi connectivity index (χ3v) is 3.36. The minimum atomic E-state index is -1.29. The summed E-state index contributed by atoms with van der Waals surface area (Å²) in [5, 5.41) is 10.3. The van der Waals surface area contributed by atoms with Crippen LogP contribution in [0.2, 0.25) is 0 Å². The summed E-state index contributed by atoms with van der Waals surface area (Å²) in [6, 6.07) is 0. The van der Waals surface area contributed by atoms with Gasteiger partial charge in [0, 0.05) is 6.54 Å². The number of aliphatic hydroxyl groups is 1. The van der Waals surface area contributed by atoms with Crippen molar-refractivity contribution in [1.82, 2.24) is 4.90 Å². The topological polar surface area (TPSA) is 59.0 Å². The first-order chi connectivity index (χ1) is 11.0. The zero-order chi connectivity index (χ0) is 18.8. The molecule has 5 nitrogen and oxygen atoms in total. The van der Waals surface area contributed by atoms with Gasteiger partial charge in [0.1, 0.15) is 5.60 Å². The van der Waals surface area contributed by atoms with Gasteiger partial charge in [0.2, 0.25) is 6.41 Å². The minimum Gasteiger partial charge on any atom is -0.444 e. The van der Waals surface area contributed by atoms with Gasteiger partial charge < -0.3 is 14.6 Å². The van der Waals surface area contributed by atoms with Crippen molar-refractivity contribution < 1.29 is 19.4 Å². The maximum atomic E-state index is 12.4. The van der Waals surface area contributed by atoms with E-state index in [1.54, 1.807) is 0 Å². The first-order valence-electron chi connectivity index (χ1n) is 9.32. The van der Waals surface area contributed by atoms with Crippen LogP contribution in [0.25, 0.3) is 0 Å². The zero-order valence-electron chi connectivity index (χ0n) is 16.9. The third-order valence-electron chi connectivity index (χ3n) is 3.36. The molecule has 0 rings (SSSR count). The monoisotopic (exact) mass is 345 g/mol. The third kappa shape index (κ3) is 12.6. The van der Waals surface area contributed by atoms with Crippen LogP contribution in [0.3, 0.4) is 0 Å². The summed E-state index contributed by atoms with van der Waals surface area (Å²) in [7, 11) is 0. The van der Waals surface area contributed by atoms with Gasteiger partial charge in [-0.2, -0.15) is 0 Å². The quantitative estimate of drug-likeness (QED) is 0.444. The van der Waals surface area contributed by atoms with Gasteiger partial charge in [-0.15, -0.1) is 0 Å². The van der Waals surface area contributed by atoms with E-state index in [1.807, 2.05) is 41.5 Å². The Morgan fingerprint density at radius 2 is 1.42 bits per heavy atom. The van der Waals surface area contributed by atoms with Crippen molar-refractivity contribution in [2.75, 3.05) is 6.54 Å². The molecule has 0 saturated heterocycles. The van der Waals surface area contributed by atoms with Crippen molar-refractivity contribution in [2.24, 2.45) is 0 Å². The molecule has 5 heteroatoms. The molecular weight excluding hydrogens is 306 g/mol. The molecular formula is C19H39NO4. The molecule has 0 aromatic heterocycles. The summed E-state index contributed by atoms with van der Waals surface area (Å²) in [5.41, 5.74) is -1.14. The zero-order valence-corrected chi connectivity index (χ0v) is 16.9. The van der Waals surface area contributed by atoms with Gasteiger partial charge in [-0.05, 0) is 48.0 Å². The first-order valence-corrected chi connectivity index (χ1v) is 9.32. The summed E-state index contributed by atoms with van der Waals surface area (Å²) in [6.07, 6.45) is 6.19. The van der Waals surface area contributed by atoms with E-state index < -0.39 is 23.7 Å². The van der Waals surface area contributed by atoms with Crippen LogP contribution in [0.5, 0.6) is 0 Å². The molecule has 0 aliphatic carbocycles. The Balaban J connectivity index is 4.50. The van der Waals surface area contributed by atoms with Crippen LogP contribution in [-0.4, -0.2) is 40.3 Å². The lowest BCUT2D eigenvalue weighted by molar-refractivity contribution is -0.230. The summed E-state index contributed by atoms with van der Waals surface area (Å²) in [4.78, 5) is 13.6. The van der Waals surface area contributed by atoms with Crippen LogP contribution in [-0.2, 0) is 9.47 Å². The van der Waals surface area contributed by atoms with Crippen LogP contribution >= 0.6 is 0 Å². The van der Waals surface area contributed by atoms with Gasteiger partial charge in [0.15, 0.2) is 0 Å². The Kier molecular flexibility index (Phi) is 10.6. The summed E-state index contributed by atoms with van der Waals surface area (Å²) < 4.78 is 10.9. The van der Waals surface area contributed by atoms with Crippen molar-refractivity contribution >= 4 is 6.09 Å². The van der Waals surface area contributed by atoms with E-state index in [1.165, 1.54) is 30.6 Å². The van der Waals surface area contributed by atoms with Gasteiger partial charge in [-0.3, -0.25) is 4.90 Å². The van der Waals surface area contributed by atoms with Crippen molar-refractivity contribution in [3.63, 3.8) is 0 Å². The van der Waals surface area contributed by atoms with E-state index in [4.69, 9.17) is 9.47 Å². The van der Waals surface area contributed by atoms with E-state index in [0.29, 0.717) is 6.54 Å². The molecule has 0 aromatic carbocycles. The number of rotatable bonds is 10. The molecule has 1 unspecified atom stereocenters. The Bertz CT molecular complexity index is 344. The lowest BCUT2D eigenvalue weighted by Crippen LogP contribution is -2.47. The Labute approximate surface area is 148 Å². The van der Waals surface area contributed by atoms with E-state index >= 15 is 0 Å². The molecule has 1 N–H and O–H groups in total. The second-order valence-corrected chi connectivity index (χ2v) is 8.35. The van der Waals surface area contributed by atoms with Gasteiger partial charge >= 0.3 is 6.09 Å². The van der Waals surface area contributed by atoms with Gasteiger partial charge in [-0.25, -0.2) is 4.79 Å². The molecule has 0 heterocycles. The lowest BCUT2D eigenvalue weighted by Gasteiger charge is -2.33. The molecule has 144 valence electrons. The maximum absolute atomic E-state index is 12.4. The standard InChI is InChI=1S/C19H39NO4/c1-8-9-10-11-12-13-14-15-20(16(21)23-18(2,3)4)17(22)24-19(5,6)7/h16,21H,8-15H2,1-7H3. The molecule has 0 fully saturated rings. The predicted molar refractivity (Wildman–Crippen MR) is 97.8 cm³/mol. The van der Waals surface area contributed by atoms with Crippen LogP contribution in [0.15, 0.2) is 0 Å². The van der Waals surface area contributed by atoms with Crippen LogP contribution in [0.1, 0.15) is 93.4 Å². The lowest BCUT2D eigenvalue weighted by atomic mass is 10.1. The molecule has 0 radical (unpaired) electrons. The minimum absolute atomic E-state index is 0.430. The second-order valence-electron chi connectivity index (χ2n) is 8.35. The second kappa shape index (κ2) is 10.9.